The molecule has 2 aromatic heterocycles. The Kier molecular flexibility index (Phi) is 2.66. The minimum atomic E-state index is -0.644. The van der Waals surface area contributed by atoms with Crippen LogP contribution in [0.1, 0.15) is 13.8 Å². The van der Waals surface area contributed by atoms with Crippen molar-refractivity contribution in [2.75, 3.05) is 11.9 Å². The molecule has 7 heteroatoms. The highest BCUT2D eigenvalue weighted by Crippen LogP contribution is 2.16. The highest BCUT2D eigenvalue weighted by Gasteiger charge is 2.25. The van der Waals surface area contributed by atoms with Crippen molar-refractivity contribution < 1.29 is 4.79 Å². The van der Waals surface area contributed by atoms with Crippen LogP contribution in [0.2, 0.25) is 0 Å². The molecule has 0 radical (unpaired) electrons. The van der Waals surface area contributed by atoms with Crippen molar-refractivity contribution in [2.45, 2.75) is 13.8 Å². The lowest BCUT2D eigenvalue weighted by molar-refractivity contribution is -0.125. The third-order valence-corrected chi connectivity index (χ3v) is 2.58. The van der Waals surface area contributed by atoms with Gasteiger partial charge in [-0.1, -0.05) is 0 Å². The number of primary amides is 1. The van der Waals surface area contributed by atoms with Crippen molar-refractivity contribution in [2.24, 2.45) is 11.1 Å². The van der Waals surface area contributed by atoms with E-state index in [1.165, 1.54) is 0 Å². The van der Waals surface area contributed by atoms with Gasteiger partial charge in [-0.05, 0) is 13.8 Å². The first kappa shape index (κ1) is 11.3. The molecular formula is C10H14N6O. The number of carbonyl (C=O) groups is 1. The smallest absolute Gasteiger partial charge is 0.224 e. The minimum Gasteiger partial charge on any atom is -0.369 e. The van der Waals surface area contributed by atoms with Gasteiger partial charge in [-0.15, -0.1) is 10.2 Å². The molecule has 0 atom stereocenters. The molecule has 17 heavy (non-hydrogen) atoms. The van der Waals surface area contributed by atoms with Crippen LogP contribution in [0.4, 0.5) is 5.82 Å². The fraction of sp³-hybridized carbons (Fsp3) is 0.400. The van der Waals surface area contributed by atoms with Gasteiger partial charge < -0.3 is 11.1 Å². The summed E-state index contributed by atoms with van der Waals surface area (Å²) in [7, 11) is 0. The van der Waals surface area contributed by atoms with Gasteiger partial charge in [0.25, 0.3) is 0 Å². The van der Waals surface area contributed by atoms with Crippen LogP contribution >= 0.6 is 0 Å². The zero-order valence-corrected chi connectivity index (χ0v) is 9.71. The highest BCUT2D eigenvalue weighted by atomic mass is 16.1. The van der Waals surface area contributed by atoms with E-state index in [4.69, 9.17) is 5.73 Å². The molecule has 2 heterocycles. The number of nitrogens with zero attached hydrogens (tertiary/aromatic N) is 4. The second kappa shape index (κ2) is 4.00. The summed E-state index contributed by atoms with van der Waals surface area (Å²) >= 11 is 0. The number of rotatable bonds is 4. The standard InChI is InChI=1S/C10H14N6O/c1-10(2,9(11)17)5-13-7-8-15-14-6-16(8)4-3-12-7/h3-4,6H,5H2,1-2H3,(H2,11,17)(H,12,13). The Bertz CT molecular complexity index is 546. The fourth-order valence-corrected chi connectivity index (χ4v) is 1.28. The number of anilines is 1. The summed E-state index contributed by atoms with van der Waals surface area (Å²) in [5.74, 6) is 0.220. The van der Waals surface area contributed by atoms with Crippen LogP contribution in [0.25, 0.3) is 5.65 Å². The van der Waals surface area contributed by atoms with E-state index in [1.807, 2.05) is 0 Å². The summed E-state index contributed by atoms with van der Waals surface area (Å²) in [6, 6.07) is 0. The third-order valence-electron chi connectivity index (χ3n) is 2.58. The van der Waals surface area contributed by atoms with Crippen molar-refractivity contribution in [3.63, 3.8) is 0 Å². The zero-order valence-electron chi connectivity index (χ0n) is 9.71. The van der Waals surface area contributed by atoms with Crippen LogP contribution in [0, 0.1) is 5.41 Å². The lowest BCUT2D eigenvalue weighted by atomic mass is 9.93. The molecule has 0 fully saturated rings. The summed E-state index contributed by atoms with van der Waals surface area (Å²) in [6.07, 6.45) is 4.97. The average Bonchev–Trinajstić information content (AvgIpc) is 2.74. The zero-order chi connectivity index (χ0) is 12.5. The lowest BCUT2D eigenvalue weighted by Gasteiger charge is -2.20. The van der Waals surface area contributed by atoms with Crippen LogP contribution in [0.15, 0.2) is 18.7 Å². The lowest BCUT2D eigenvalue weighted by Crippen LogP contribution is -2.37. The maximum absolute atomic E-state index is 11.2. The van der Waals surface area contributed by atoms with Crippen molar-refractivity contribution in [1.82, 2.24) is 19.6 Å². The second-order valence-electron chi connectivity index (χ2n) is 4.44. The van der Waals surface area contributed by atoms with Crippen molar-refractivity contribution in [3.05, 3.63) is 18.7 Å². The van der Waals surface area contributed by atoms with Crippen LogP contribution < -0.4 is 11.1 Å². The predicted molar refractivity (Wildman–Crippen MR) is 62.2 cm³/mol. The molecule has 0 saturated heterocycles. The molecule has 2 rings (SSSR count). The molecule has 0 aliphatic rings. The first-order chi connectivity index (χ1) is 8.00. The molecule has 0 bridgehead atoms. The molecule has 3 N–H and O–H groups in total. The molecule has 0 saturated carbocycles. The topological polar surface area (TPSA) is 98.2 Å². The van der Waals surface area contributed by atoms with Gasteiger partial charge in [0, 0.05) is 18.9 Å². The Morgan fingerprint density at radius 2 is 2.35 bits per heavy atom. The van der Waals surface area contributed by atoms with Crippen LogP contribution in [-0.4, -0.2) is 32.0 Å². The number of aromatic nitrogens is 4. The number of nitrogens with one attached hydrogen (secondary N) is 1. The number of carbonyl (C=O) groups excluding carboxylic acids is 1. The van der Waals surface area contributed by atoms with E-state index in [0.29, 0.717) is 18.0 Å². The van der Waals surface area contributed by atoms with E-state index < -0.39 is 5.41 Å². The summed E-state index contributed by atoms with van der Waals surface area (Å²) in [5, 5.41) is 10.8. The van der Waals surface area contributed by atoms with E-state index in [9.17, 15) is 4.79 Å². The summed E-state index contributed by atoms with van der Waals surface area (Å²) in [4.78, 5) is 15.3. The number of fused-ring (bicyclic) bond motifs is 1. The molecule has 0 aliphatic heterocycles. The first-order valence-corrected chi connectivity index (χ1v) is 5.19. The molecule has 0 unspecified atom stereocenters. The van der Waals surface area contributed by atoms with Gasteiger partial charge >= 0.3 is 0 Å². The Labute approximate surface area is 98.1 Å². The largest absolute Gasteiger partial charge is 0.369 e. The van der Waals surface area contributed by atoms with Crippen molar-refractivity contribution >= 4 is 17.4 Å². The Morgan fingerprint density at radius 3 is 3.06 bits per heavy atom. The Morgan fingerprint density at radius 1 is 1.59 bits per heavy atom. The summed E-state index contributed by atoms with van der Waals surface area (Å²) in [5.41, 5.74) is 5.27. The second-order valence-corrected chi connectivity index (χ2v) is 4.44. The van der Waals surface area contributed by atoms with Crippen LogP contribution in [-0.2, 0) is 4.79 Å². The summed E-state index contributed by atoms with van der Waals surface area (Å²) in [6.45, 7) is 3.93. The molecular weight excluding hydrogens is 220 g/mol. The average molecular weight is 234 g/mol. The number of hydrogen-bond acceptors (Lipinski definition) is 5. The Balaban J connectivity index is 2.19. The van der Waals surface area contributed by atoms with Gasteiger partial charge in [0.1, 0.15) is 6.33 Å². The monoisotopic (exact) mass is 234 g/mol. The van der Waals surface area contributed by atoms with Gasteiger partial charge in [-0.3, -0.25) is 9.20 Å². The van der Waals surface area contributed by atoms with Gasteiger partial charge in [0.15, 0.2) is 5.82 Å². The molecule has 0 aliphatic carbocycles. The summed E-state index contributed by atoms with van der Waals surface area (Å²) < 4.78 is 1.74. The molecule has 90 valence electrons. The van der Waals surface area contributed by atoms with E-state index >= 15 is 0 Å². The maximum Gasteiger partial charge on any atom is 0.224 e. The number of hydrogen-bond donors (Lipinski definition) is 2. The van der Waals surface area contributed by atoms with E-state index in [0.717, 1.165) is 0 Å². The predicted octanol–water partition coefficient (Wildman–Crippen LogP) is 0.0477. The fourth-order valence-electron chi connectivity index (χ4n) is 1.28. The van der Waals surface area contributed by atoms with Crippen LogP contribution in [0.5, 0.6) is 0 Å². The van der Waals surface area contributed by atoms with Gasteiger partial charge in [0.2, 0.25) is 11.6 Å². The molecule has 0 spiro atoms. The molecule has 0 aromatic carbocycles. The highest BCUT2D eigenvalue weighted by molar-refractivity contribution is 5.80. The quantitative estimate of drug-likeness (QED) is 0.778. The maximum atomic E-state index is 11.2. The van der Waals surface area contributed by atoms with E-state index in [1.54, 1.807) is 37.0 Å². The minimum absolute atomic E-state index is 0.363. The van der Waals surface area contributed by atoms with Crippen molar-refractivity contribution in [1.29, 1.82) is 0 Å². The van der Waals surface area contributed by atoms with Gasteiger partial charge in [-0.2, -0.15) is 0 Å². The van der Waals surface area contributed by atoms with Gasteiger partial charge in [0.05, 0.1) is 5.41 Å². The van der Waals surface area contributed by atoms with E-state index in [2.05, 4.69) is 20.5 Å². The third kappa shape index (κ3) is 2.17. The number of nitrogens with two attached hydrogens (primary N) is 1. The molecule has 7 nitrogen and oxygen atoms in total. The molecule has 1 amide bonds. The number of amides is 1. The van der Waals surface area contributed by atoms with Gasteiger partial charge in [-0.25, -0.2) is 4.98 Å². The molecule has 2 aromatic rings. The Hall–Kier alpha value is -2.18. The first-order valence-electron chi connectivity index (χ1n) is 5.19. The normalized spacial score (nSPS) is 11.6. The van der Waals surface area contributed by atoms with Crippen LogP contribution in [0.3, 0.4) is 0 Å². The van der Waals surface area contributed by atoms with Crippen molar-refractivity contribution in [3.8, 4) is 0 Å². The van der Waals surface area contributed by atoms with E-state index in [-0.39, 0.29) is 5.91 Å². The SMILES string of the molecule is CC(C)(CNc1nccn2cnnc12)C(N)=O.